The monoisotopic (exact) mass is 410 g/mol. The van der Waals surface area contributed by atoms with Gasteiger partial charge < -0.3 is 14.8 Å². The Morgan fingerprint density at radius 3 is 2.50 bits per heavy atom. The van der Waals surface area contributed by atoms with Crippen molar-refractivity contribution in [1.29, 1.82) is 0 Å². The maximum atomic E-state index is 12.5. The first-order valence-corrected chi connectivity index (χ1v) is 9.55. The van der Waals surface area contributed by atoms with Crippen LogP contribution in [0.2, 0.25) is 0 Å². The van der Waals surface area contributed by atoms with Crippen LogP contribution in [0.15, 0.2) is 48.5 Å². The summed E-state index contributed by atoms with van der Waals surface area (Å²) in [5, 5.41) is 2.63. The largest absolute Gasteiger partial charge is 0.494 e. The number of fused-ring (bicyclic) bond motifs is 1. The van der Waals surface area contributed by atoms with Gasteiger partial charge in [0.2, 0.25) is 5.91 Å². The molecule has 1 aliphatic heterocycles. The van der Waals surface area contributed by atoms with Gasteiger partial charge in [-0.3, -0.25) is 24.1 Å². The fraction of sp³-hybridized carbons (Fsp3) is 0.273. The first-order valence-electron chi connectivity index (χ1n) is 9.55. The zero-order chi connectivity index (χ0) is 21.7. The highest BCUT2D eigenvalue weighted by atomic mass is 16.5. The molecule has 1 heterocycles. The summed E-state index contributed by atoms with van der Waals surface area (Å²) in [6, 6.07) is 13.5. The average molecular weight is 410 g/mol. The van der Waals surface area contributed by atoms with Gasteiger partial charge in [-0.25, -0.2) is 0 Å². The van der Waals surface area contributed by atoms with Crippen molar-refractivity contribution in [3.63, 3.8) is 0 Å². The molecule has 1 aliphatic rings. The van der Waals surface area contributed by atoms with Crippen LogP contribution in [0.1, 0.15) is 29.8 Å². The van der Waals surface area contributed by atoms with E-state index in [1.807, 2.05) is 6.92 Å². The highest BCUT2D eigenvalue weighted by molar-refractivity contribution is 6.11. The molecule has 0 unspecified atom stereocenters. The van der Waals surface area contributed by atoms with E-state index in [9.17, 15) is 19.2 Å². The lowest BCUT2D eigenvalue weighted by molar-refractivity contribution is -0.155. The van der Waals surface area contributed by atoms with E-state index in [1.165, 1.54) is 6.92 Å². The number of hydrogen-bond acceptors (Lipinski definition) is 6. The third kappa shape index (κ3) is 4.83. The fourth-order valence-corrected chi connectivity index (χ4v) is 3.02. The van der Waals surface area contributed by atoms with Gasteiger partial charge in [-0.15, -0.1) is 0 Å². The molecule has 30 heavy (non-hydrogen) atoms. The van der Waals surface area contributed by atoms with Crippen LogP contribution in [-0.2, 0) is 25.5 Å². The highest BCUT2D eigenvalue weighted by Crippen LogP contribution is 2.20. The number of nitrogens with zero attached hydrogens (tertiary/aromatic N) is 1. The maximum Gasteiger partial charge on any atom is 0.326 e. The van der Waals surface area contributed by atoms with Crippen LogP contribution in [0.5, 0.6) is 5.75 Å². The molecule has 0 saturated heterocycles. The Bertz CT molecular complexity index is 970. The molecule has 0 bridgehead atoms. The van der Waals surface area contributed by atoms with E-state index in [1.54, 1.807) is 48.5 Å². The van der Waals surface area contributed by atoms with Gasteiger partial charge in [0.25, 0.3) is 11.8 Å². The molecule has 156 valence electrons. The maximum absolute atomic E-state index is 12.5. The van der Waals surface area contributed by atoms with E-state index in [0.717, 1.165) is 4.90 Å². The summed E-state index contributed by atoms with van der Waals surface area (Å²) in [5.74, 6) is -1.74. The molecule has 8 nitrogen and oxygen atoms in total. The number of benzene rings is 2. The second-order valence-electron chi connectivity index (χ2n) is 6.70. The van der Waals surface area contributed by atoms with Crippen LogP contribution in [0.25, 0.3) is 0 Å². The molecule has 0 radical (unpaired) electrons. The summed E-state index contributed by atoms with van der Waals surface area (Å²) in [5.41, 5.74) is 1.52. The van der Waals surface area contributed by atoms with Crippen LogP contribution >= 0.6 is 0 Å². The summed E-state index contributed by atoms with van der Waals surface area (Å²) >= 11 is 0. The highest BCUT2D eigenvalue weighted by Gasteiger charge is 2.33. The topological polar surface area (TPSA) is 102 Å². The predicted molar refractivity (Wildman–Crippen MR) is 108 cm³/mol. The molecule has 8 heteroatoms. The summed E-state index contributed by atoms with van der Waals surface area (Å²) in [6.07, 6.45) is -1.07. The molecule has 2 aromatic carbocycles. The van der Waals surface area contributed by atoms with E-state index in [-0.39, 0.29) is 6.42 Å². The number of carbonyl (C=O) groups is 4. The number of carbonyl (C=O) groups excluding carboxylic acids is 4. The van der Waals surface area contributed by atoms with E-state index >= 15 is 0 Å². The zero-order valence-corrected chi connectivity index (χ0v) is 16.7. The number of esters is 1. The number of ether oxygens (including phenoxy) is 2. The molecule has 0 aliphatic carbocycles. The van der Waals surface area contributed by atoms with Gasteiger partial charge in [-0.05, 0) is 49.7 Å². The summed E-state index contributed by atoms with van der Waals surface area (Å²) in [6.45, 7) is 3.27. The van der Waals surface area contributed by atoms with Gasteiger partial charge in [-0.2, -0.15) is 0 Å². The van der Waals surface area contributed by atoms with Crippen LogP contribution in [0.4, 0.5) is 5.69 Å². The Balaban J connectivity index is 1.55. The molecule has 0 aromatic heterocycles. The van der Waals surface area contributed by atoms with Gasteiger partial charge in [0.05, 0.1) is 13.0 Å². The second kappa shape index (κ2) is 9.21. The first-order chi connectivity index (χ1) is 14.4. The number of rotatable bonds is 7. The van der Waals surface area contributed by atoms with Crippen molar-refractivity contribution in [1.82, 2.24) is 4.90 Å². The van der Waals surface area contributed by atoms with Crippen molar-refractivity contribution in [2.24, 2.45) is 0 Å². The van der Waals surface area contributed by atoms with Gasteiger partial charge in [0.1, 0.15) is 12.3 Å². The second-order valence-corrected chi connectivity index (χ2v) is 6.70. The third-order valence-corrected chi connectivity index (χ3v) is 4.53. The normalized spacial score (nSPS) is 14.0. The molecule has 3 rings (SSSR count). The summed E-state index contributed by atoms with van der Waals surface area (Å²) in [4.78, 5) is 50.1. The minimum atomic E-state index is -1.11. The Morgan fingerprint density at radius 1 is 1.10 bits per heavy atom. The van der Waals surface area contributed by atoms with E-state index in [0.29, 0.717) is 29.2 Å². The zero-order valence-electron chi connectivity index (χ0n) is 16.7. The van der Waals surface area contributed by atoms with Crippen molar-refractivity contribution in [2.45, 2.75) is 26.4 Å². The Labute approximate surface area is 173 Å². The van der Waals surface area contributed by atoms with E-state index < -0.39 is 36.3 Å². The van der Waals surface area contributed by atoms with Gasteiger partial charge in [0, 0.05) is 11.3 Å². The molecule has 3 amide bonds. The molecule has 0 fully saturated rings. The van der Waals surface area contributed by atoms with Crippen molar-refractivity contribution in [3.8, 4) is 5.75 Å². The van der Waals surface area contributed by atoms with Gasteiger partial charge >= 0.3 is 5.97 Å². The van der Waals surface area contributed by atoms with Crippen molar-refractivity contribution in [3.05, 3.63) is 59.7 Å². The Hall–Kier alpha value is -3.68. The van der Waals surface area contributed by atoms with Crippen molar-refractivity contribution >= 4 is 29.4 Å². The molecule has 0 saturated carbocycles. The van der Waals surface area contributed by atoms with Crippen LogP contribution in [-0.4, -0.2) is 47.8 Å². The van der Waals surface area contributed by atoms with Crippen LogP contribution in [0.3, 0.4) is 0 Å². The van der Waals surface area contributed by atoms with Crippen molar-refractivity contribution in [2.75, 3.05) is 18.5 Å². The van der Waals surface area contributed by atoms with Gasteiger partial charge in [0.15, 0.2) is 6.10 Å². The standard InChI is InChI=1S/C22H22N2O6/c1-3-29-17-10-8-16(9-11-17)23-21(27)14(2)30-20(26)13-24-19(25)12-15-6-4-5-7-18(15)22(24)28/h4-11,14H,3,12-13H2,1-2H3,(H,23,27)/t14-/m1/s1. The summed E-state index contributed by atoms with van der Waals surface area (Å²) < 4.78 is 10.4. The molecule has 1 atom stereocenters. The molecular weight excluding hydrogens is 388 g/mol. The SMILES string of the molecule is CCOc1ccc(NC(=O)[C@@H](C)OC(=O)CN2C(=O)Cc3ccccc3C2=O)cc1. The fourth-order valence-electron chi connectivity index (χ4n) is 3.02. The Morgan fingerprint density at radius 2 is 1.80 bits per heavy atom. The third-order valence-electron chi connectivity index (χ3n) is 4.53. The lowest BCUT2D eigenvalue weighted by Crippen LogP contribution is -2.46. The molecule has 1 N–H and O–H groups in total. The van der Waals surface area contributed by atoms with Crippen LogP contribution in [0, 0.1) is 0 Å². The Kier molecular flexibility index (Phi) is 6.46. The minimum Gasteiger partial charge on any atom is -0.494 e. The average Bonchev–Trinajstić information content (AvgIpc) is 2.72. The molecule has 2 aromatic rings. The lowest BCUT2D eigenvalue weighted by atomic mass is 9.98. The smallest absolute Gasteiger partial charge is 0.326 e. The van der Waals surface area contributed by atoms with Crippen molar-refractivity contribution < 1.29 is 28.7 Å². The molecule has 0 spiro atoms. The first kappa shape index (κ1) is 21.0. The van der Waals surface area contributed by atoms with E-state index in [4.69, 9.17) is 9.47 Å². The van der Waals surface area contributed by atoms with Crippen LogP contribution < -0.4 is 10.1 Å². The molecular formula is C22H22N2O6. The number of imide groups is 1. The number of amides is 3. The number of anilines is 1. The quantitative estimate of drug-likeness (QED) is 0.555. The minimum absolute atomic E-state index is 0.0307. The van der Waals surface area contributed by atoms with Gasteiger partial charge in [-0.1, -0.05) is 18.2 Å². The summed E-state index contributed by atoms with van der Waals surface area (Å²) in [7, 11) is 0. The van der Waals surface area contributed by atoms with E-state index in [2.05, 4.69) is 5.32 Å². The predicted octanol–water partition coefficient (Wildman–Crippen LogP) is 2.18. The number of nitrogens with one attached hydrogen (secondary N) is 1. The number of hydrogen-bond donors (Lipinski definition) is 1. The lowest BCUT2D eigenvalue weighted by Gasteiger charge is -2.26.